The maximum absolute atomic E-state index is 9.55. The molecule has 5 N–H and O–H groups in total. The molecule has 0 bridgehead atoms. The summed E-state index contributed by atoms with van der Waals surface area (Å²) in [6.45, 7) is 0.265. The molecule has 6 nitrogen and oxygen atoms in total. The Labute approximate surface area is 158 Å². The van der Waals surface area contributed by atoms with Gasteiger partial charge in [0, 0.05) is 35.2 Å². The Morgan fingerprint density at radius 1 is 1.12 bits per heavy atom. The average molecular weight is 384 g/mol. The van der Waals surface area contributed by atoms with Crippen LogP contribution in [0.1, 0.15) is 44.1 Å². The van der Waals surface area contributed by atoms with Crippen LogP contribution in [-0.2, 0) is 15.0 Å². The molecule has 7 heteroatoms. The van der Waals surface area contributed by atoms with Gasteiger partial charge in [-0.1, -0.05) is 30.2 Å². The summed E-state index contributed by atoms with van der Waals surface area (Å²) in [6.07, 6.45) is 7.57. The Bertz CT molecular complexity index is 595. The Morgan fingerprint density at radius 3 is 2.04 bits per heavy atom. The van der Waals surface area contributed by atoms with E-state index >= 15 is 0 Å². The van der Waals surface area contributed by atoms with Gasteiger partial charge in [-0.3, -0.25) is 0 Å². The number of carboxylic acid groups (broad SMARTS) is 2. The van der Waals surface area contributed by atoms with Crippen molar-refractivity contribution >= 4 is 23.5 Å². The molecule has 1 atom stereocenters. The summed E-state index contributed by atoms with van der Waals surface area (Å²) in [5, 5.41) is 25.2. The van der Waals surface area contributed by atoms with Gasteiger partial charge in [-0.05, 0) is 49.8 Å². The van der Waals surface area contributed by atoms with E-state index < -0.39 is 11.9 Å². The maximum atomic E-state index is 9.55. The lowest BCUT2D eigenvalue weighted by Crippen LogP contribution is -2.50. The number of unbranched alkanes of at least 4 members (excludes halogenated alkanes) is 1. The fourth-order valence-corrected chi connectivity index (χ4v) is 3.23. The summed E-state index contributed by atoms with van der Waals surface area (Å²) in [6, 6.07) is 8.34. The molecule has 1 aliphatic rings. The molecule has 1 fully saturated rings. The predicted octanol–water partition coefficient (Wildman–Crippen LogP) is 2.96. The number of rotatable bonds is 8. The van der Waals surface area contributed by atoms with Crippen LogP contribution in [-0.4, -0.2) is 39.9 Å². The second kappa shape index (κ2) is 11.0. The first-order chi connectivity index (χ1) is 12.3. The number of aliphatic carboxylic acids is 2. The van der Waals surface area contributed by atoms with Gasteiger partial charge >= 0.3 is 11.9 Å². The molecule has 0 aromatic heterocycles. The summed E-state index contributed by atoms with van der Waals surface area (Å²) < 4.78 is 0. The van der Waals surface area contributed by atoms with Crippen LogP contribution in [0.25, 0.3) is 0 Å². The third-order valence-electron chi connectivity index (χ3n) is 4.67. The van der Waals surface area contributed by atoms with Crippen LogP contribution in [0.15, 0.2) is 36.4 Å². The molecule has 0 saturated heterocycles. The minimum Gasteiger partial charge on any atom is -0.478 e. The number of carboxylic acids is 2. The summed E-state index contributed by atoms with van der Waals surface area (Å²) in [5.41, 5.74) is 7.89. The molecular formula is C19H26ClNO5. The molecule has 0 amide bonds. The highest BCUT2D eigenvalue weighted by atomic mass is 35.5. The summed E-state index contributed by atoms with van der Waals surface area (Å²) in [7, 11) is 0. The number of aliphatic hydroxyl groups excluding tert-OH is 1. The normalized spacial score (nSPS) is 16.3. The van der Waals surface area contributed by atoms with Crippen LogP contribution in [0.5, 0.6) is 0 Å². The van der Waals surface area contributed by atoms with E-state index in [9.17, 15) is 9.59 Å². The van der Waals surface area contributed by atoms with E-state index in [0.717, 1.165) is 24.3 Å². The van der Waals surface area contributed by atoms with Crippen molar-refractivity contribution in [2.75, 3.05) is 6.61 Å². The highest BCUT2D eigenvalue weighted by Crippen LogP contribution is 2.47. The van der Waals surface area contributed by atoms with Gasteiger partial charge < -0.3 is 21.1 Å². The molecule has 0 heterocycles. The van der Waals surface area contributed by atoms with Crippen molar-refractivity contribution in [2.45, 2.75) is 50.0 Å². The molecule has 26 heavy (non-hydrogen) atoms. The van der Waals surface area contributed by atoms with Gasteiger partial charge in [0.1, 0.15) is 0 Å². The lowest BCUT2D eigenvalue weighted by atomic mass is 9.59. The van der Waals surface area contributed by atoms with Gasteiger partial charge in [0.15, 0.2) is 0 Å². The molecule has 1 aliphatic carbocycles. The van der Waals surface area contributed by atoms with Gasteiger partial charge in [0.05, 0.1) is 0 Å². The Balaban J connectivity index is 0.000000359. The number of nitrogens with two attached hydrogens (primary N) is 1. The Kier molecular flexibility index (Phi) is 9.34. The molecule has 0 radical (unpaired) electrons. The first-order valence-electron chi connectivity index (χ1n) is 8.58. The lowest BCUT2D eigenvalue weighted by Gasteiger charge is -2.47. The average Bonchev–Trinajstić information content (AvgIpc) is 2.54. The quantitative estimate of drug-likeness (QED) is 0.404. The topological polar surface area (TPSA) is 121 Å². The van der Waals surface area contributed by atoms with E-state index in [1.807, 2.05) is 12.1 Å². The fourth-order valence-electron chi connectivity index (χ4n) is 3.11. The molecule has 144 valence electrons. The first kappa shape index (κ1) is 22.2. The van der Waals surface area contributed by atoms with Crippen LogP contribution < -0.4 is 5.73 Å². The van der Waals surface area contributed by atoms with E-state index in [2.05, 4.69) is 12.1 Å². The zero-order valence-corrected chi connectivity index (χ0v) is 15.4. The third-order valence-corrected chi connectivity index (χ3v) is 4.92. The number of aliphatic hydroxyl groups is 1. The fraction of sp³-hybridized carbons (Fsp3) is 0.474. The number of halogens is 1. The minimum absolute atomic E-state index is 0.153. The largest absolute Gasteiger partial charge is 0.478 e. The third kappa shape index (κ3) is 6.78. The zero-order chi connectivity index (χ0) is 19.6. The van der Waals surface area contributed by atoms with Crippen LogP contribution in [0.3, 0.4) is 0 Å². The molecule has 1 aromatic rings. The highest BCUT2D eigenvalue weighted by Gasteiger charge is 2.43. The van der Waals surface area contributed by atoms with Crippen molar-refractivity contribution in [1.29, 1.82) is 0 Å². The van der Waals surface area contributed by atoms with E-state index in [4.69, 9.17) is 32.7 Å². The molecule has 0 aliphatic heterocycles. The monoisotopic (exact) mass is 383 g/mol. The van der Waals surface area contributed by atoms with Crippen molar-refractivity contribution in [1.82, 2.24) is 0 Å². The Hall–Kier alpha value is -1.89. The predicted molar refractivity (Wildman–Crippen MR) is 100 cm³/mol. The number of benzene rings is 1. The summed E-state index contributed by atoms with van der Waals surface area (Å²) in [4.78, 5) is 19.1. The van der Waals surface area contributed by atoms with Crippen molar-refractivity contribution in [3.8, 4) is 0 Å². The number of hydrogen-bond donors (Lipinski definition) is 4. The summed E-state index contributed by atoms with van der Waals surface area (Å²) in [5.74, 6) is -2.51. The van der Waals surface area contributed by atoms with Crippen molar-refractivity contribution in [3.63, 3.8) is 0 Å². The maximum Gasteiger partial charge on any atom is 0.328 e. The first-order valence-corrected chi connectivity index (χ1v) is 8.96. The van der Waals surface area contributed by atoms with Crippen LogP contribution >= 0.6 is 11.6 Å². The van der Waals surface area contributed by atoms with Gasteiger partial charge in [-0.25, -0.2) is 9.59 Å². The van der Waals surface area contributed by atoms with Crippen LogP contribution in [0.2, 0.25) is 5.02 Å². The molecule has 1 saturated carbocycles. The second-order valence-electron chi connectivity index (χ2n) is 6.35. The van der Waals surface area contributed by atoms with Crippen LogP contribution in [0, 0.1) is 0 Å². The Morgan fingerprint density at radius 2 is 1.65 bits per heavy atom. The number of hydrogen-bond acceptors (Lipinski definition) is 4. The van der Waals surface area contributed by atoms with Gasteiger partial charge in [-0.2, -0.15) is 0 Å². The van der Waals surface area contributed by atoms with Crippen molar-refractivity contribution in [2.24, 2.45) is 5.73 Å². The molecule has 1 aromatic carbocycles. The van der Waals surface area contributed by atoms with Gasteiger partial charge in [0.25, 0.3) is 0 Å². The lowest BCUT2D eigenvalue weighted by molar-refractivity contribution is -0.134. The van der Waals surface area contributed by atoms with Crippen LogP contribution in [0.4, 0.5) is 0 Å². The molecule has 0 spiro atoms. The SMILES string of the molecule is NC(CCCCO)C1(c2ccc(Cl)cc2)CCC1.O=C(O)/C=C\C(=O)O. The van der Waals surface area contributed by atoms with E-state index in [0.29, 0.717) is 12.2 Å². The molecule has 1 unspecified atom stereocenters. The zero-order valence-electron chi connectivity index (χ0n) is 14.6. The van der Waals surface area contributed by atoms with Crippen molar-refractivity contribution < 1.29 is 24.9 Å². The smallest absolute Gasteiger partial charge is 0.328 e. The van der Waals surface area contributed by atoms with Gasteiger partial charge in [-0.15, -0.1) is 0 Å². The van der Waals surface area contributed by atoms with E-state index in [-0.39, 0.29) is 18.1 Å². The number of carbonyl (C=O) groups is 2. The van der Waals surface area contributed by atoms with E-state index in [1.54, 1.807) is 0 Å². The minimum atomic E-state index is -1.26. The molecule has 2 rings (SSSR count). The second-order valence-corrected chi connectivity index (χ2v) is 6.79. The highest BCUT2D eigenvalue weighted by molar-refractivity contribution is 6.30. The molecular weight excluding hydrogens is 358 g/mol. The van der Waals surface area contributed by atoms with Gasteiger partial charge in [0.2, 0.25) is 0 Å². The standard InChI is InChI=1S/C15H22ClNO.C4H4O4/c16-13-7-5-12(6-8-13)15(9-3-10-15)14(17)4-1-2-11-18;5-3(6)1-2-4(7)8/h5-8,14,18H,1-4,9-11,17H2;1-2H,(H,5,6)(H,7,8)/b;2-1-. The van der Waals surface area contributed by atoms with Crippen molar-refractivity contribution in [3.05, 3.63) is 47.0 Å². The summed E-state index contributed by atoms with van der Waals surface area (Å²) >= 11 is 5.95. The van der Waals surface area contributed by atoms with E-state index in [1.165, 1.54) is 24.8 Å².